The van der Waals surface area contributed by atoms with Gasteiger partial charge in [0.15, 0.2) is 0 Å². The van der Waals surface area contributed by atoms with E-state index >= 15 is 0 Å². The molecule has 25 heavy (non-hydrogen) atoms. The Labute approximate surface area is 153 Å². The summed E-state index contributed by atoms with van der Waals surface area (Å²) in [6.45, 7) is 8.82. The number of carbonyl (C=O) groups excluding carboxylic acids is 1. The molecule has 2 unspecified atom stereocenters. The largest absolute Gasteiger partial charge is 0.457 e. The SMILES string of the molecule is Cc1ccc(C2CCC(CCC3CCC(C)CC3)C(=O)O2)c(C)c1C. The number of ether oxygens (including phenoxy) is 1. The molecular formula is C23H34O2. The molecule has 1 aromatic rings. The fraction of sp³-hybridized carbons (Fsp3) is 0.696. The van der Waals surface area contributed by atoms with E-state index in [0.29, 0.717) is 0 Å². The maximum Gasteiger partial charge on any atom is 0.309 e. The highest BCUT2D eigenvalue weighted by atomic mass is 16.5. The Hall–Kier alpha value is -1.31. The zero-order valence-electron chi connectivity index (χ0n) is 16.4. The summed E-state index contributed by atoms with van der Waals surface area (Å²) in [4.78, 5) is 12.5. The van der Waals surface area contributed by atoms with Gasteiger partial charge in [0.25, 0.3) is 0 Å². The van der Waals surface area contributed by atoms with Gasteiger partial charge in [-0.25, -0.2) is 0 Å². The average molecular weight is 343 g/mol. The van der Waals surface area contributed by atoms with Crippen LogP contribution < -0.4 is 0 Å². The van der Waals surface area contributed by atoms with Crippen LogP contribution in [0.2, 0.25) is 0 Å². The standard InChI is InChI=1S/C23H34O2/c1-15-5-8-19(9-6-15)10-11-20-12-14-22(25-23(20)24)21-13-7-16(2)17(3)18(21)4/h7,13,15,19-20,22H,5-6,8-12,14H2,1-4H3. The van der Waals surface area contributed by atoms with Crippen molar-refractivity contribution in [3.8, 4) is 0 Å². The molecule has 2 nitrogen and oxygen atoms in total. The number of cyclic esters (lactones) is 1. The smallest absolute Gasteiger partial charge is 0.309 e. The Balaban J connectivity index is 1.54. The second-order valence-electron chi connectivity index (χ2n) is 8.62. The molecule has 0 aromatic heterocycles. The van der Waals surface area contributed by atoms with Crippen molar-refractivity contribution in [3.05, 3.63) is 34.4 Å². The Bertz CT molecular complexity index is 611. The molecule has 2 aliphatic rings. The molecule has 2 heteroatoms. The van der Waals surface area contributed by atoms with Gasteiger partial charge in [0.1, 0.15) is 6.10 Å². The van der Waals surface area contributed by atoms with Crippen molar-refractivity contribution in [2.75, 3.05) is 0 Å². The maximum atomic E-state index is 12.5. The summed E-state index contributed by atoms with van der Waals surface area (Å²) >= 11 is 0. The minimum absolute atomic E-state index is 0.0399. The predicted octanol–water partition coefficient (Wildman–Crippen LogP) is 6.21. The van der Waals surface area contributed by atoms with E-state index in [1.54, 1.807) is 0 Å². The molecule has 1 saturated carbocycles. The molecule has 2 atom stereocenters. The molecule has 0 amide bonds. The molecule has 2 fully saturated rings. The summed E-state index contributed by atoms with van der Waals surface area (Å²) in [5.41, 5.74) is 5.12. The van der Waals surface area contributed by atoms with Gasteiger partial charge in [0.05, 0.1) is 5.92 Å². The van der Waals surface area contributed by atoms with E-state index in [4.69, 9.17) is 4.74 Å². The third-order valence-corrected chi connectivity index (χ3v) is 6.87. The zero-order chi connectivity index (χ0) is 18.0. The summed E-state index contributed by atoms with van der Waals surface area (Å²) < 4.78 is 5.88. The summed E-state index contributed by atoms with van der Waals surface area (Å²) in [7, 11) is 0. The first-order valence-electron chi connectivity index (χ1n) is 10.2. The number of carbonyl (C=O) groups is 1. The first-order valence-corrected chi connectivity index (χ1v) is 10.2. The lowest BCUT2D eigenvalue weighted by Gasteiger charge is -2.31. The Morgan fingerprint density at radius 2 is 1.64 bits per heavy atom. The van der Waals surface area contributed by atoms with Gasteiger partial charge in [-0.15, -0.1) is 0 Å². The summed E-state index contributed by atoms with van der Waals surface area (Å²) in [5, 5.41) is 0. The molecule has 3 rings (SSSR count). The van der Waals surface area contributed by atoms with Crippen LogP contribution in [0.3, 0.4) is 0 Å². The van der Waals surface area contributed by atoms with Crippen LogP contribution >= 0.6 is 0 Å². The monoisotopic (exact) mass is 342 g/mol. The van der Waals surface area contributed by atoms with Crippen molar-refractivity contribution in [1.82, 2.24) is 0 Å². The first kappa shape index (κ1) is 18.5. The van der Waals surface area contributed by atoms with Crippen molar-refractivity contribution < 1.29 is 9.53 Å². The van der Waals surface area contributed by atoms with Crippen LogP contribution in [0.4, 0.5) is 0 Å². The lowest BCUT2D eigenvalue weighted by molar-refractivity contribution is -0.161. The van der Waals surface area contributed by atoms with E-state index in [2.05, 4.69) is 39.8 Å². The van der Waals surface area contributed by atoms with E-state index in [9.17, 15) is 4.79 Å². The van der Waals surface area contributed by atoms with E-state index in [1.807, 2.05) is 0 Å². The minimum atomic E-state index is -0.0430. The molecule has 0 spiro atoms. The van der Waals surface area contributed by atoms with E-state index in [1.165, 1.54) is 54.4 Å². The Morgan fingerprint density at radius 1 is 0.920 bits per heavy atom. The van der Waals surface area contributed by atoms with E-state index in [-0.39, 0.29) is 18.0 Å². The van der Waals surface area contributed by atoms with Crippen LogP contribution in [0.5, 0.6) is 0 Å². The van der Waals surface area contributed by atoms with Gasteiger partial charge in [0, 0.05) is 0 Å². The number of benzene rings is 1. The highest BCUT2D eigenvalue weighted by Crippen LogP contribution is 2.38. The zero-order valence-corrected chi connectivity index (χ0v) is 16.4. The highest BCUT2D eigenvalue weighted by Gasteiger charge is 2.32. The summed E-state index contributed by atoms with van der Waals surface area (Å²) in [6, 6.07) is 4.31. The van der Waals surface area contributed by atoms with Crippen LogP contribution in [0.25, 0.3) is 0 Å². The molecule has 0 radical (unpaired) electrons. The molecule has 0 bridgehead atoms. The first-order chi connectivity index (χ1) is 12.0. The topological polar surface area (TPSA) is 26.3 Å². The Morgan fingerprint density at radius 3 is 2.32 bits per heavy atom. The predicted molar refractivity (Wildman–Crippen MR) is 103 cm³/mol. The van der Waals surface area contributed by atoms with Gasteiger partial charge in [-0.05, 0) is 80.5 Å². The average Bonchev–Trinajstić information content (AvgIpc) is 2.60. The molecular weight excluding hydrogens is 308 g/mol. The van der Waals surface area contributed by atoms with Gasteiger partial charge >= 0.3 is 5.97 Å². The number of hydrogen-bond acceptors (Lipinski definition) is 2. The molecule has 1 aliphatic carbocycles. The van der Waals surface area contributed by atoms with Crippen molar-refractivity contribution >= 4 is 5.97 Å². The lowest BCUT2D eigenvalue weighted by Crippen LogP contribution is -2.28. The van der Waals surface area contributed by atoms with Gasteiger partial charge in [-0.1, -0.05) is 44.7 Å². The fourth-order valence-electron chi connectivity index (χ4n) is 4.63. The second kappa shape index (κ2) is 7.93. The van der Waals surface area contributed by atoms with E-state index < -0.39 is 0 Å². The number of rotatable bonds is 4. The number of esters is 1. The normalized spacial score (nSPS) is 30.2. The number of aryl methyl sites for hydroxylation is 1. The summed E-state index contributed by atoms with van der Waals surface area (Å²) in [6.07, 6.45) is 9.60. The molecule has 138 valence electrons. The molecule has 1 aromatic carbocycles. The third-order valence-electron chi connectivity index (χ3n) is 6.87. The van der Waals surface area contributed by atoms with Crippen LogP contribution in [-0.4, -0.2) is 5.97 Å². The van der Waals surface area contributed by atoms with Crippen LogP contribution in [0.1, 0.15) is 86.6 Å². The van der Waals surface area contributed by atoms with Crippen LogP contribution in [0, 0.1) is 38.5 Å². The molecule has 1 heterocycles. The minimum Gasteiger partial charge on any atom is -0.457 e. The van der Waals surface area contributed by atoms with Crippen LogP contribution in [-0.2, 0) is 9.53 Å². The van der Waals surface area contributed by atoms with Crippen molar-refractivity contribution in [1.29, 1.82) is 0 Å². The maximum absolute atomic E-state index is 12.5. The third kappa shape index (κ3) is 4.27. The quantitative estimate of drug-likeness (QED) is 0.608. The van der Waals surface area contributed by atoms with Crippen LogP contribution in [0.15, 0.2) is 12.1 Å². The van der Waals surface area contributed by atoms with Crippen molar-refractivity contribution in [2.45, 2.75) is 85.2 Å². The highest BCUT2D eigenvalue weighted by molar-refractivity contribution is 5.73. The van der Waals surface area contributed by atoms with Gasteiger partial charge in [-0.2, -0.15) is 0 Å². The molecule has 1 aliphatic heterocycles. The van der Waals surface area contributed by atoms with Crippen molar-refractivity contribution in [3.63, 3.8) is 0 Å². The fourth-order valence-corrected chi connectivity index (χ4v) is 4.63. The lowest BCUT2D eigenvalue weighted by atomic mass is 9.79. The van der Waals surface area contributed by atoms with Gasteiger partial charge < -0.3 is 4.74 Å². The van der Waals surface area contributed by atoms with Gasteiger partial charge in [0.2, 0.25) is 0 Å². The second-order valence-corrected chi connectivity index (χ2v) is 8.62. The van der Waals surface area contributed by atoms with Crippen molar-refractivity contribution in [2.24, 2.45) is 17.8 Å². The van der Waals surface area contributed by atoms with E-state index in [0.717, 1.165) is 31.1 Å². The van der Waals surface area contributed by atoms with Gasteiger partial charge in [-0.3, -0.25) is 4.79 Å². The number of hydrogen-bond donors (Lipinski definition) is 0. The summed E-state index contributed by atoms with van der Waals surface area (Å²) in [5.74, 6) is 1.90. The molecule has 0 N–H and O–H groups in total. The Kier molecular flexibility index (Phi) is 5.86. The molecule has 1 saturated heterocycles.